The Kier molecular flexibility index (Phi) is 53.0. The summed E-state index contributed by atoms with van der Waals surface area (Å²) in [4.78, 5) is 38.1. The van der Waals surface area contributed by atoms with E-state index < -0.39 is 12.1 Å². The molecule has 6 heteroatoms. The molecular formula is C64H100O6. The molecule has 0 spiro atoms. The van der Waals surface area contributed by atoms with E-state index in [4.69, 9.17) is 14.2 Å². The predicted molar refractivity (Wildman–Crippen MR) is 302 cm³/mol. The Morgan fingerprint density at radius 2 is 0.586 bits per heavy atom. The van der Waals surface area contributed by atoms with Gasteiger partial charge >= 0.3 is 17.9 Å². The Morgan fingerprint density at radius 1 is 0.300 bits per heavy atom. The van der Waals surface area contributed by atoms with Crippen molar-refractivity contribution in [2.45, 2.75) is 226 Å². The van der Waals surface area contributed by atoms with Crippen LogP contribution in [0.25, 0.3) is 0 Å². The lowest BCUT2D eigenvalue weighted by molar-refractivity contribution is -0.166. The summed E-state index contributed by atoms with van der Waals surface area (Å²) in [5.41, 5.74) is 0. The first kappa shape index (κ1) is 65.3. The molecule has 0 aromatic carbocycles. The topological polar surface area (TPSA) is 78.9 Å². The lowest BCUT2D eigenvalue weighted by Crippen LogP contribution is -2.30. The highest BCUT2D eigenvalue weighted by Gasteiger charge is 2.19. The van der Waals surface area contributed by atoms with Crippen molar-refractivity contribution in [2.24, 2.45) is 0 Å². The molecule has 1 atom stereocenters. The summed E-state index contributed by atoms with van der Waals surface area (Å²) in [6.07, 6.45) is 81.3. The highest BCUT2D eigenvalue weighted by Crippen LogP contribution is 2.13. The standard InChI is InChI=1S/C64H100O6/c1-4-7-10-13-16-19-22-25-27-29-31-32-34-35-37-39-42-45-48-51-54-57-63(66)69-60-61(59-68-62(65)56-53-50-47-44-41-24-21-18-15-12-9-6-3)70-64(67)58-55-52-49-46-43-40-38-36-33-30-28-26-23-20-17-14-11-8-5-2/h7-8,10-11,16-17,19-20,25-28,31-33,35-37,40,42-43,45,49,52,61H,4-6,9,12-15,18,21-24,29-30,34,38-39,41,44,46-48,50-51,53-60H2,1-3H3/b10-7-,11-8-,19-16-,20-17-,27-25-,28-26-,32-31-,36-33-,37-35-,43-40-,45-42-,52-49-. The van der Waals surface area contributed by atoms with Crippen LogP contribution in [-0.2, 0) is 28.6 Å². The van der Waals surface area contributed by atoms with Crippen LogP contribution in [0.15, 0.2) is 146 Å². The lowest BCUT2D eigenvalue weighted by atomic mass is 10.0. The Labute approximate surface area is 429 Å². The van der Waals surface area contributed by atoms with Gasteiger partial charge in [-0.15, -0.1) is 0 Å². The molecule has 0 rings (SSSR count). The Bertz CT molecular complexity index is 1580. The largest absolute Gasteiger partial charge is 0.462 e. The zero-order valence-corrected chi connectivity index (χ0v) is 44.7. The third kappa shape index (κ3) is 54.2. The number of hydrogen-bond acceptors (Lipinski definition) is 6. The van der Waals surface area contributed by atoms with Gasteiger partial charge in [0.15, 0.2) is 6.10 Å². The van der Waals surface area contributed by atoms with E-state index in [0.29, 0.717) is 19.3 Å². The number of allylic oxidation sites excluding steroid dienone is 24. The van der Waals surface area contributed by atoms with Crippen LogP contribution in [0.2, 0.25) is 0 Å². The highest BCUT2D eigenvalue weighted by atomic mass is 16.6. The molecule has 6 nitrogen and oxygen atoms in total. The van der Waals surface area contributed by atoms with Crippen molar-refractivity contribution in [1.82, 2.24) is 0 Å². The van der Waals surface area contributed by atoms with E-state index in [1.165, 1.54) is 57.8 Å². The smallest absolute Gasteiger partial charge is 0.306 e. The maximum absolute atomic E-state index is 12.8. The van der Waals surface area contributed by atoms with E-state index in [1.54, 1.807) is 0 Å². The van der Waals surface area contributed by atoms with Gasteiger partial charge in [-0.05, 0) is 109 Å². The van der Waals surface area contributed by atoms with Gasteiger partial charge in [-0.2, -0.15) is 0 Å². The molecule has 0 heterocycles. The van der Waals surface area contributed by atoms with Crippen LogP contribution in [0.1, 0.15) is 220 Å². The van der Waals surface area contributed by atoms with Crippen molar-refractivity contribution in [3.63, 3.8) is 0 Å². The monoisotopic (exact) mass is 965 g/mol. The number of esters is 3. The Morgan fingerprint density at radius 3 is 0.929 bits per heavy atom. The summed E-state index contributed by atoms with van der Waals surface area (Å²) in [5.74, 6) is -1.06. The van der Waals surface area contributed by atoms with Crippen LogP contribution in [0, 0.1) is 0 Å². The number of carbonyl (C=O) groups excluding carboxylic acids is 3. The van der Waals surface area contributed by atoms with Gasteiger partial charge in [-0.25, -0.2) is 0 Å². The SMILES string of the molecule is CC/C=C\C/C=C\C/C=C\C/C=C\C/C=C\C/C=C\CCCCC(=O)OCC(COC(=O)CCCCCCCCCCCCCC)OC(=O)CC/C=C\C/C=C\C/C=C\C/C=C\C/C=C\C/C=C\CC. The molecular weight excluding hydrogens is 865 g/mol. The zero-order valence-electron chi connectivity index (χ0n) is 44.7. The van der Waals surface area contributed by atoms with Gasteiger partial charge in [0.1, 0.15) is 13.2 Å². The van der Waals surface area contributed by atoms with E-state index in [0.717, 1.165) is 109 Å². The van der Waals surface area contributed by atoms with Crippen molar-refractivity contribution < 1.29 is 28.6 Å². The average molecular weight is 965 g/mol. The highest BCUT2D eigenvalue weighted by molar-refractivity contribution is 5.71. The van der Waals surface area contributed by atoms with Crippen molar-refractivity contribution in [3.05, 3.63) is 146 Å². The first-order valence-corrected chi connectivity index (χ1v) is 27.8. The second-order valence-corrected chi connectivity index (χ2v) is 17.7. The molecule has 0 aromatic heterocycles. The fourth-order valence-corrected chi connectivity index (χ4v) is 7.00. The van der Waals surface area contributed by atoms with Crippen molar-refractivity contribution in [3.8, 4) is 0 Å². The summed E-state index contributed by atoms with van der Waals surface area (Å²) < 4.78 is 16.7. The second-order valence-electron chi connectivity index (χ2n) is 17.7. The van der Waals surface area contributed by atoms with Crippen LogP contribution < -0.4 is 0 Å². The van der Waals surface area contributed by atoms with Crippen molar-refractivity contribution in [1.29, 1.82) is 0 Å². The summed E-state index contributed by atoms with van der Waals surface area (Å²) in [6, 6.07) is 0. The maximum atomic E-state index is 12.8. The molecule has 0 radical (unpaired) electrons. The number of hydrogen-bond donors (Lipinski definition) is 0. The summed E-state index contributed by atoms with van der Waals surface area (Å²) in [5, 5.41) is 0. The molecule has 0 aliphatic heterocycles. The van der Waals surface area contributed by atoms with Crippen LogP contribution in [0.3, 0.4) is 0 Å². The van der Waals surface area contributed by atoms with Gasteiger partial charge in [0.25, 0.3) is 0 Å². The minimum atomic E-state index is -0.841. The summed E-state index contributed by atoms with van der Waals surface area (Å²) >= 11 is 0. The summed E-state index contributed by atoms with van der Waals surface area (Å²) in [7, 11) is 0. The molecule has 0 fully saturated rings. The lowest BCUT2D eigenvalue weighted by Gasteiger charge is -2.18. The third-order valence-electron chi connectivity index (χ3n) is 11.1. The molecule has 0 aliphatic rings. The van der Waals surface area contributed by atoms with E-state index >= 15 is 0 Å². The van der Waals surface area contributed by atoms with Gasteiger partial charge in [-0.3, -0.25) is 14.4 Å². The molecule has 0 amide bonds. The molecule has 1 unspecified atom stereocenters. The Balaban J connectivity index is 4.59. The fraction of sp³-hybridized carbons (Fsp3) is 0.578. The van der Waals surface area contributed by atoms with Crippen LogP contribution in [0.4, 0.5) is 0 Å². The first-order valence-electron chi connectivity index (χ1n) is 27.8. The average Bonchev–Trinajstić information content (AvgIpc) is 3.36. The molecule has 70 heavy (non-hydrogen) atoms. The molecule has 0 bridgehead atoms. The van der Waals surface area contributed by atoms with E-state index in [2.05, 4.69) is 154 Å². The zero-order chi connectivity index (χ0) is 50.7. The molecule has 0 aromatic rings. The first-order chi connectivity index (χ1) is 34.5. The van der Waals surface area contributed by atoms with Crippen LogP contribution >= 0.6 is 0 Å². The number of rotatable bonds is 48. The fourth-order valence-electron chi connectivity index (χ4n) is 7.00. The van der Waals surface area contributed by atoms with Gasteiger partial charge in [0, 0.05) is 19.3 Å². The number of carbonyl (C=O) groups is 3. The van der Waals surface area contributed by atoms with Crippen LogP contribution in [-0.4, -0.2) is 37.2 Å². The summed E-state index contributed by atoms with van der Waals surface area (Å²) in [6.45, 7) is 6.29. The van der Waals surface area contributed by atoms with E-state index in [9.17, 15) is 14.4 Å². The van der Waals surface area contributed by atoms with Gasteiger partial charge < -0.3 is 14.2 Å². The molecule has 392 valence electrons. The van der Waals surface area contributed by atoms with E-state index in [-0.39, 0.29) is 38.0 Å². The van der Waals surface area contributed by atoms with Crippen molar-refractivity contribution in [2.75, 3.05) is 13.2 Å². The van der Waals surface area contributed by atoms with Gasteiger partial charge in [0.2, 0.25) is 0 Å². The second kappa shape index (κ2) is 56.9. The number of unbranched alkanes of at least 4 members (excludes halogenated alkanes) is 13. The quantitative estimate of drug-likeness (QED) is 0.0262. The Hall–Kier alpha value is -4.71. The molecule has 0 N–H and O–H groups in total. The molecule has 0 saturated carbocycles. The maximum Gasteiger partial charge on any atom is 0.306 e. The van der Waals surface area contributed by atoms with Crippen molar-refractivity contribution >= 4 is 17.9 Å². The predicted octanol–water partition coefficient (Wildman–Crippen LogP) is 18.8. The minimum absolute atomic E-state index is 0.126. The van der Waals surface area contributed by atoms with Crippen LogP contribution in [0.5, 0.6) is 0 Å². The molecule has 0 saturated heterocycles. The van der Waals surface area contributed by atoms with Gasteiger partial charge in [0.05, 0.1) is 0 Å². The minimum Gasteiger partial charge on any atom is -0.462 e. The number of ether oxygens (including phenoxy) is 3. The third-order valence-corrected chi connectivity index (χ3v) is 11.1. The van der Waals surface area contributed by atoms with Gasteiger partial charge in [-0.1, -0.05) is 237 Å². The van der Waals surface area contributed by atoms with E-state index in [1.807, 2.05) is 12.2 Å². The normalized spacial score (nSPS) is 13.2. The molecule has 0 aliphatic carbocycles.